The zero-order valence-corrected chi connectivity index (χ0v) is 17.0. The Labute approximate surface area is 168 Å². The Balaban J connectivity index is 1.52. The maximum absolute atomic E-state index is 12.1. The molecule has 128 valence electrons. The van der Waals surface area contributed by atoms with Crippen LogP contribution in [-0.2, 0) is 17.0 Å². The number of aromatic nitrogens is 1. The first kappa shape index (κ1) is 18.5. The van der Waals surface area contributed by atoms with Gasteiger partial charge in [0.05, 0.1) is 12.1 Å². The van der Waals surface area contributed by atoms with Gasteiger partial charge in [-0.3, -0.25) is 4.79 Å². The zero-order chi connectivity index (χ0) is 17.6. The Morgan fingerprint density at radius 1 is 1.24 bits per heavy atom. The zero-order valence-electron chi connectivity index (χ0n) is 13.0. The monoisotopic (exact) mass is 452 g/mol. The Bertz CT molecular complexity index is 868. The molecule has 0 fully saturated rings. The summed E-state index contributed by atoms with van der Waals surface area (Å²) < 4.78 is 2.04. The van der Waals surface area contributed by atoms with Crippen molar-refractivity contribution in [2.24, 2.45) is 0 Å². The number of benzene rings is 2. The van der Waals surface area contributed by atoms with Crippen LogP contribution in [0.3, 0.4) is 0 Å². The second kappa shape index (κ2) is 8.85. The SMILES string of the molecule is O=C(Cc1csc(SCc2ccc(Br)cc2)n1)Nc1cccc(Cl)c1. The molecule has 7 heteroatoms. The summed E-state index contributed by atoms with van der Waals surface area (Å²) >= 11 is 12.6. The molecule has 1 heterocycles. The number of thiazole rings is 1. The molecule has 0 bridgehead atoms. The van der Waals surface area contributed by atoms with E-state index in [-0.39, 0.29) is 12.3 Å². The fourth-order valence-corrected chi connectivity index (χ4v) is 4.35. The Hall–Kier alpha value is -1.34. The third-order valence-electron chi connectivity index (χ3n) is 3.26. The minimum Gasteiger partial charge on any atom is -0.326 e. The molecule has 0 saturated heterocycles. The number of amides is 1. The van der Waals surface area contributed by atoms with Gasteiger partial charge in [0, 0.05) is 26.3 Å². The van der Waals surface area contributed by atoms with Crippen LogP contribution >= 0.6 is 50.6 Å². The van der Waals surface area contributed by atoms with E-state index in [1.54, 1.807) is 41.3 Å². The van der Waals surface area contributed by atoms with E-state index in [2.05, 4.69) is 38.4 Å². The maximum Gasteiger partial charge on any atom is 0.230 e. The van der Waals surface area contributed by atoms with Crippen molar-refractivity contribution < 1.29 is 4.79 Å². The van der Waals surface area contributed by atoms with Gasteiger partial charge in [-0.15, -0.1) is 11.3 Å². The number of halogens is 2. The molecule has 3 aromatic rings. The maximum atomic E-state index is 12.1. The first-order valence-corrected chi connectivity index (χ1v) is 10.5. The van der Waals surface area contributed by atoms with E-state index in [9.17, 15) is 4.79 Å². The van der Waals surface area contributed by atoms with Gasteiger partial charge < -0.3 is 5.32 Å². The van der Waals surface area contributed by atoms with Crippen LogP contribution in [0.15, 0.2) is 62.7 Å². The summed E-state index contributed by atoms with van der Waals surface area (Å²) in [5.74, 6) is 0.756. The molecule has 1 N–H and O–H groups in total. The van der Waals surface area contributed by atoms with Gasteiger partial charge in [-0.25, -0.2) is 4.98 Å². The highest BCUT2D eigenvalue weighted by atomic mass is 79.9. The third kappa shape index (κ3) is 5.85. The minimum absolute atomic E-state index is 0.1000. The number of anilines is 1. The van der Waals surface area contributed by atoms with E-state index < -0.39 is 0 Å². The largest absolute Gasteiger partial charge is 0.326 e. The van der Waals surface area contributed by atoms with Gasteiger partial charge in [0.25, 0.3) is 0 Å². The second-order valence-electron chi connectivity index (χ2n) is 5.26. The standard InChI is InChI=1S/C18H14BrClN2OS2/c19-13-6-4-12(5-7-13)10-24-18-22-16(11-25-18)9-17(23)21-15-3-1-2-14(20)8-15/h1-8,11H,9-10H2,(H,21,23). The lowest BCUT2D eigenvalue weighted by Crippen LogP contribution is -2.14. The average Bonchev–Trinajstić information content (AvgIpc) is 3.01. The van der Waals surface area contributed by atoms with Crippen LogP contribution in [0.5, 0.6) is 0 Å². The van der Waals surface area contributed by atoms with Crippen molar-refractivity contribution in [2.75, 3.05) is 5.32 Å². The lowest BCUT2D eigenvalue weighted by Gasteiger charge is -2.04. The first-order valence-electron chi connectivity index (χ1n) is 7.45. The van der Waals surface area contributed by atoms with Crippen molar-refractivity contribution in [1.29, 1.82) is 0 Å². The number of rotatable bonds is 6. The van der Waals surface area contributed by atoms with E-state index in [0.29, 0.717) is 10.7 Å². The number of carbonyl (C=O) groups excluding carboxylic acids is 1. The van der Waals surface area contributed by atoms with E-state index in [0.717, 1.165) is 20.3 Å². The van der Waals surface area contributed by atoms with Crippen molar-refractivity contribution in [3.05, 3.63) is 74.7 Å². The molecular formula is C18H14BrClN2OS2. The van der Waals surface area contributed by atoms with Gasteiger partial charge in [0.1, 0.15) is 4.34 Å². The molecular weight excluding hydrogens is 440 g/mol. The molecule has 0 aliphatic carbocycles. The molecule has 3 nitrogen and oxygen atoms in total. The molecule has 0 aliphatic heterocycles. The molecule has 25 heavy (non-hydrogen) atoms. The summed E-state index contributed by atoms with van der Waals surface area (Å²) in [6, 6.07) is 15.3. The summed E-state index contributed by atoms with van der Waals surface area (Å²) in [6.07, 6.45) is 0.252. The lowest BCUT2D eigenvalue weighted by molar-refractivity contribution is -0.115. The molecule has 2 aromatic carbocycles. The number of thioether (sulfide) groups is 1. The van der Waals surface area contributed by atoms with Gasteiger partial charge in [0.15, 0.2) is 0 Å². The third-order valence-corrected chi connectivity index (χ3v) is 6.16. The summed E-state index contributed by atoms with van der Waals surface area (Å²) in [5.41, 5.74) is 2.71. The van der Waals surface area contributed by atoms with Crippen LogP contribution in [0.1, 0.15) is 11.3 Å². The molecule has 1 amide bonds. The van der Waals surface area contributed by atoms with Crippen LogP contribution in [-0.4, -0.2) is 10.9 Å². The molecule has 0 aliphatic rings. The lowest BCUT2D eigenvalue weighted by atomic mass is 10.2. The van der Waals surface area contributed by atoms with Crippen LogP contribution < -0.4 is 5.32 Å². The molecule has 0 atom stereocenters. The van der Waals surface area contributed by atoms with Gasteiger partial charge in [-0.05, 0) is 35.9 Å². The molecule has 0 radical (unpaired) electrons. The number of carbonyl (C=O) groups is 1. The van der Waals surface area contributed by atoms with Crippen molar-refractivity contribution in [3.63, 3.8) is 0 Å². The predicted molar refractivity (Wildman–Crippen MR) is 110 cm³/mol. The fraction of sp³-hybridized carbons (Fsp3) is 0.111. The highest BCUT2D eigenvalue weighted by Gasteiger charge is 2.09. The normalized spacial score (nSPS) is 10.6. The van der Waals surface area contributed by atoms with E-state index in [4.69, 9.17) is 11.6 Å². The van der Waals surface area contributed by atoms with Crippen molar-refractivity contribution in [1.82, 2.24) is 4.98 Å². The molecule has 3 rings (SSSR count). The van der Waals surface area contributed by atoms with E-state index in [1.807, 2.05) is 23.6 Å². The molecule has 1 aromatic heterocycles. The van der Waals surface area contributed by atoms with Crippen molar-refractivity contribution >= 4 is 62.2 Å². The summed E-state index contributed by atoms with van der Waals surface area (Å²) in [4.78, 5) is 16.6. The first-order chi connectivity index (χ1) is 12.1. The average molecular weight is 454 g/mol. The molecule has 0 spiro atoms. The highest BCUT2D eigenvalue weighted by Crippen LogP contribution is 2.27. The van der Waals surface area contributed by atoms with Gasteiger partial charge >= 0.3 is 0 Å². The van der Waals surface area contributed by atoms with Gasteiger partial charge in [-0.2, -0.15) is 0 Å². The topological polar surface area (TPSA) is 42.0 Å². The summed E-state index contributed by atoms with van der Waals surface area (Å²) in [5, 5.41) is 5.36. The van der Waals surface area contributed by atoms with Crippen LogP contribution in [0, 0.1) is 0 Å². The highest BCUT2D eigenvalue weighted by molar-refractivity contribution is 9.10. The molecule has 0 saturated carbocycles. The summed E-state index contributed by atoms with van der Waals surface area (Å²) in [7, 11) is 0. The number of hydrogen-bond acceptors (Lipinski definition) is 4. The quantitative estimate of drug-likeness (QED) is 0.463. The Morgan fingerprint density at radius 2 is 2.04 bits per heavy atom. The second-order valence-corrected chi connectivity index (χ2v) is 8.69. The minimum atomic E-state index is -0.1000. The summed E-state index contributed by atoms with van der Waals surface area (Å²) in [6.45, 7) is 0. The Kier molecular flexibility index (Phi) is 6.53. The van der Waals surface area contributed by atoms with E-state index >= 15 is 0 Å². The number of nitrogens with zero attached hydrogens (tertiary/aromatic N) is 1. The predicted octanol–water partition coefficient (Wildman–Crippen LogP) is 6.03. The molecule has 0 unspecified atom stereocenters. The van der Waals surface area contributed by atoms with E-state index in [1.165, 1.54) is 5.56 Å². The Morgan fingerprint density at radius 3 is 2.80 bits per heavy atom. The number of hydrogen-bond donors (Lipinski definition) is 1. The van der Waals surface area contributed by atoms with Crippen molar-refractivity contribution in [3.8, 4) is 0 Å². The smallest absolute Gasteiger partial charge is 0.230 e. The van der Waals surface area contributed by atoms with Crippen LogP contribution in [0.25, 0.3) is 0 Å². The number of nitrogens with one attached hydrogen (secondary N) is 1. The fourth-order valence-electron chi connectivity index (χ4n) is 2.10. The van der Waals surface area contributed by atoms with Crippen molar-refractivity contribution in [2.45, 2.75) is 16.5 Å². The van der Waals surface area contributed by atoms with Crippen LogP contribution in [0.2, 0.25) is 5.02 Å². The van der Waals surface area contributed by atoms with Gasteiger partial charge in [0.2, 0.25) is 5.91 Å². The van der Waals surface area contributed by atoms with Crippen LogP contribution in [0.4, 0.5) is 5.69 Å². The van der Waals surface area contributed by atoms with Gasteiger partial charge in [-0.1, -0.05) is 57.5 Å².